The van der Waals surface area contributed by atoms with Crippen molar-refractivity contribution in [1.29, 1.82) is 0 Å². The summed E-state index contributed by atoms with van der Waals surface area (Å²) in [5.74, 6) is -0.104. The molecule has 0 aliphatic carbocycles. The second-order valence-electron chi connectivity index (χ2n) is 3.01. The minimum Gasteiger partial charge on any atom is -0.469 e. The topological polar surface area (TPSA) is 55.4 Å². The Labute approximate surface area is 78.6 Å². The van der Waals surface area contributed by atoms with Crippen molar-refractivity contribution in [1.82, 2.24) is 5.32 Å². The van der Waals surface area contributed by atoms with E-state index in [2.05, 4.69) is 10.1 Å². The van der Waals surface area contributed by atoms with Gasteiger partial charge < -0.3 is 14.8 Å². The maximum atomic E-state index is 10.9. The maximum absolute atomic E-state index is 10.9. The molecule has 0 bridgehead atoms. The molecule has 0 saturated carbocycles. The van der Waals surface area contributed by atoms with E-state index < -0.39 is 0 Å². The standard InChI is InChI=1S/C9H17NO3/c1-7(11)4-5-8(10-2)6-9(12)13-3/h8,10H,4-6H2,1-3H3. The monoisotopic (exact) mass is 187 g/mol. The fourth-order valence-corrected chi connectivity index (χ4v) is 1.01. The largest absolute Gasteiger partial charge is 0.469 e. The molecule has 76 valence electrons. The average Bonchev–Trinajstić information content (AvgIpc) is 2.11. The predicted octanol–water partition coefficient (Wildman–Crippen LogP) is 0.507. The van der Waals surface area contributed by atoms with Gasteiger partial charge in [0.05, 0.1) is 13.5 Å². The maximum Gasteiger partial charge on any atom is 0.307 e. The van der Waals surface area contributed by atoms with Crippen molar-refractivity contribution in [3.63, 3.8) is 0 Å². The number of carbonyl (C=O) groups excluding carboxylic acids is 2. The highest BCUT2D eigenvalue weighted by Crippen LogP contribution is 2.03. The summed E-state index contributed by atoms with van der Waals surface area (Å²) in [5.41, 5.74) is 0. The van der Waals surface area contributed by atoms with Gasteiger partial charge in [0.1, 0.15) is 5.78 Å². The highest BCUT2D eigenvalue weighted by atomic mass is 16.5. The molecule has 0 saturated heterocycles. The predicted molar refractivity (Wildman–Crippen MR) is 49.4 cm³/mol. The van der Waals surface area contributed by atoms with Gasteiger partial charge in [-0.05, 0) is 20.4 Å². The lowest BCUT2D eigenvalue weighted by Crippen LogP contribution is -2.29. The molecule has 0 aromatic heterocycles. The van der Waals surface area contributed by atoms with E-state index in [1.165, 1.54) is 7.11 Å². The molecule has 0 fully saturated rings. The first kappa shape index (κ1) is 12.1. The van der Waals surface area contributed by atoms with Crippen LogP contribution >= 0.6 is 0 Å². The Morgan fingerprint density at radius 3 is 2.46 bits per heavy atom. The number of ketones is 1. The molecule has 0 aliphatic heterocycles. The first-order valence-electron chi connectivity index (χ1n) is 4.33. The Kier molecular flexibility index (Phi) is 6.14. The number of hydrogen-bond donors (Lipinski definition) is 1. The van der Waals surface area contributed by atoms with Gasteiger partial charge in [-0.2, -0.15) is 0 Å². The molecule has 0 aromatic rings. The number of nitrogens with one attached hydrogen (secondary N) is 1. The lowest BCUT2D eigenvalue weighted by molar-refractivity contribution is -0.141. The van der Waals surface area contributed by atoms with Crippen LogP contribution in [-0.2, 0) is 14.3 Å². The third kappa shape index (κ3) is 6.28. The van der Waals surface area contributed by atoms with Crippen LogP contribution in [0.2, 0.25) is 0 Å². The number of Topliss-reactive ketones (excluding diaryl/α,β-unsaturated/α-hetero) is 1. The summed E-state index contributed by atoms with van der Waals surface area (Å²) < 4.78 is 4.53. The molecular weight excluding hydrogens is 170 g/mol. The molecule has 13 heavy (non-hydrogen) atoms. The highest BCUT2D eigenvalue weighted by molar-refractivity contribution is 5.75. The molecule has 4 nitrogen and oxygen atoms in total. The molecule has 0 aromatic carbocycles. The van der Waals surface area contributed by atoms with Crippen LogP contribution in [-0.4, -0.2) is 32.0 Å². The number of esters is 1. The van der Waals surface area contributed by atoms with E-state index in [0.717, 1.165) is 0 Å². The highest BCUT2D eigenvalue weighted by Gasteiger charge is 2.12. The lowest BCUT2D eigenvalue weighted by atomic mass is 10.1. The van der Waals surface area contributed by atoms with Crippen LogP contribution in [0.25, 0.3) is 0 Å². The Morgan fingerprint density at radius 2 is 2.08 bits per heavy atom. The summed E-state index contributed by atoms with van der Waals surface area (Å²) in [6.45, 7) is 1.55. The van der Waals surface area contributed by atoms with Gasteiger partial charge in [0.25, 0.3) is 0 Å². The Morgan fingerprint density at radius 1 is 1.46 bits per heavy atom. The normalized spacial score (nSPS) is 12.2. The smallest absolute Gasteiger partial charge is 0.307 e. The van der Waals surface area contributed by atoms with Gasteiger partial charge in [-0.1, -0.05) is 0 Å². The van der Waals surface area contributed by atoms with E-state index in [1.54, 1.807) is 14.0 Å². The van der Waals surface area contributed by atoms with Gasteiger partial charge >= 0.3 is 5.97 Å². The molecule has 0 radical (unpaired) electrons. The van der Waals surface area contributed by atoms with Crippen molar-refractivity contribution in [2.75, 3.05) is 14.2 Å². The van der Waals surface area contributed by atoms with Crippen LogP contribution in [0.15, 0.2) is 0 Å². The van der Waals surface area contributed by atoms with Crippen molar-refractivity contribution in [2.24, 2.45) is 0 Å². The van der Waals surface area contributed by atoms with Gasteiger partial charge in [0.2, 0.25) is 0 Å². The summed E-state index contributed by atoms with van der Waals surface area (Å²) in [5, 5.41) is 2.97. The van der Waals surface area contributed by atoms with Crippen molar-refractivity contribution in [3.05, 3.63) is 0 Å². The van der Waals surface area contributed by atoms with Crippen molar-refractivity contribution < 1.29 is 14.3 Å². The van der Waals surface area contributed by atoms with E-state index >= 15 is 0 Å². The van der Waals surface area contributed by atoms with E-state index in [0.29, 0.717) is 19.3 Å². The summed E-state index contributed by atoms with van der Waals surface area (Å²) in [6, 6.07) is 0.0383. The number of methoxy groups -OCH3 is 1. The molecule has 0 heterocycles. The minimum atomic E-state index is -0.247. The van der Waals surface area contributed by atoms with Gasteiger partial charge in [-0.3, -0.25) is 4.79 Å². The van der Waals surface area contributed by atoms with E-state index in [4.69, 9.17) is 0 Å². The van der Waals surface area contributed by atoms with Crippen molar-refractivity contribution >= 4 is 11.8 Å². The van der Waals surface area contributed by atoms with Gasteiger partial charge in [-0.15, -0.1) is 0 Å². The van der Waals surface area contributed by atoms with E-state index in [1.807, 2.05) is 0 Å². The minimum absolute atomic E-state index is 0.0383. The third-order valence-electron chi connectivity index (χ3n) is 1.89. The van der Waals surface area contributed by atoms with Crippen molar-refractivity contribution in [3.8, 4) is 0 Å². The van der Waals surface area contributed by atoms with Gasteiger partial charge in [0.15, 0.2) is 0 Å². The number of rotatable bonds is 6. The zero-order valence-corrected chi connectivity index (χ0v) is 8.42. The Hall–Kier alpha value is -0.900. The van der Waals surface area contributed by atoms with Crippen LogP contribution in [0.5, 0.6) is 0 Å². The van der Waals surface area contributed by atoms with Crippen molar-refractivity contribution in [2.45, 2.75) is 32.2 Å². The molecule has 4 heteroatoms. The van der Waals surface area contributed by atoms with E-state index in [-0.39, 0.29) is 17.8 Å². The van der Waals surface area contributed by atoms with Gasteiger partial charge in [0, 0.05) is 12.5 Å². The van der Waals surface area contributed by atoms with Crippen LogP contribution in [0.4, 0.5) is 0 Å². The van der Waals surface area contributed by atoms with Gasteiger partial charge in [-0.25, -0.2) is 0 Å². The zero-order valence-electron chi connectivity index (χ0n) is 8.42. The molecule has 1 unspecified atom stereocenters. The lowest BCUT2D eigenvalue weighted by Gasteiger charge is -2.13. The summed E-state index contributed by atoms with van der Waals surface area (Å²) in [6.07, 6.45) is 1.50. The van der Waals surface area contributed by atoms with Crippen LogP contribution < -0.4 is 5.32 Å². The summed E-state index contributed by atoms with van der Waals surface area (Å²) >= 11 is 0. The summed E-state index contributed by atoms with van der Waals surface area (Å²) in [4.78, 5) is 21.6. The number of carbonyl (C=O) groups is 2. The second-order valence-corrected chi connectivity index (χ2v) is 3.01. The quantitative estimate of drug-likeness (QED) is 0.615. The molecule has 1 atom stereocenters. The third-order valence-corrected chi connectivity index (χ3v) is 1.89. The molecule has 0 aliphatic rings. The zero-order chi connectivity index (χ0) is 10.3. The molecule has 1 N–H and O–H groups in total. The molecular formula is C9H17NO3. The van der Waals surface area contributed by atoms with Crippen LogP contribution in [0, 0.1) is 0 Å². The first-order valence-corrected chi connectivity index (χ1v) is 4.33. The fourth-order valence-electron chi connectivity index (χ4n) is 1.01. The SMILES string of the molecule is CNC(CCC(C)=O)CC(=O)OC. The summed E-state index contributed by atoms with van der Waals surface area (Å²) in [7, 11) is 3.13. The molecule has 0 amide bonds. The van der Waals surface area contributed by atoms with Crippen LogP contribution in [0.3, 0.4) is 0 Å². The first-order chi connectivity index (χ1) is 6.10. The average molecular weight is 187 g/mol. The Balaban J connectivity index is 3.75. The van der Waals surface area contributed by atoms with Crippen LogP contribution in [0.1, 0.15) is 26.2 Å². The second kappa shape index (κ2) is 6.60. The Bertz CT molecular complexity index is 180. The molecule has 0 rings (SSSR count). The fraction of sp³-hybridized carbons (Fsp3) is 0.778. The number of ether oxygens (including phenoxy) is 1. The molecule has 0 spiro atoms. The van der Waals surface area contributed by atoms with E-state index in [9.17, 15) is 9.59 Å². The number of hydrogen-bond acceptors (Lipinski definition) is 4.